The van der Waals surface area contributed by atoms with Crippen molar-refractivity contribution in [3.63, 3.8) is 0 Å². The molecule has 2 amide bonds. The van der Waals surface area contributed by atoms with Gasteiger partial charge in [0, 0.05) is 24.7 Å². The molecule has 2 aromatic carbocycles. The Morgan fingerprint density at radius 3 is 2.74 bits per heavy atom. The maximum absolute atomic E-state index is 12.7. The molecule has 4 rings (SSSR count). The van der Waals surface area contributed by atoms with Crippen molar-refractivity contribution in [1.82, 2.24) is 10.3 Å². The Kier molecular flexibility index (Phi) is 6.68. The van der Waals surface area contributed by atoms with Crippen molar-refractivity contribution in [2.24, 2.45) is 0 Å². The van der Waals surface area contributed by atoms with Crippen LogP contribution in [-0.2, 0) is 17.1 Å². The number of aromatic nitrogens is 1. The van der Waals surface area contributed by atoms with E-state index < -0.39 is 0 Å². The number of para-hydroxylation sites is 1. The third-order valence-electron chi connectivity index (χ3n) is 4.56. The number of rotatable bonds is 8. The molecule has 2 N–H and O–H groups in total. The molecule has 0 unspecified atom stereocenters. The van der Waals surface area contributed by atoms with Gasteiger partial charge in [0.05, 0.1) is 17.0 Å². The predicted octanol–water partition coefficient (Wildman–Crippen LogP) is 3.61. The van der Waals surface area contributed by atoms with Gasteiger partial charge >= 0.3 is 0 Å². The number of nitrogens with zero attached hydrogens (tertiary/aromatic N) is 1. The van der Waals surface area contributed by atoms with Gasteiger partial charge in [0.2, 0.25) is 12.7 Å². The highest BCUT2D eigenvalue weighted by molar-refractivity contribution is 7.99. The van der Waals surface area contributed by atoms with E-state index in [1.165, 1.54) is 11.8 Å². The standard InChI is InChI=1S/C23H21N3O4S/c27-22(14-31-13-17-4-3-9-24-11-17)26-19-6-2-1-5-18(19)23(28)25-12-16-7-8-20-21(10-16)30-15-29-20/h1-11H,12-15H2,(H,25,28)(H,26,27). The number of pyridine rings is 1. The molecule has 8 heteroatoms. The number of fused-ring (bicyclic) bond motifs is 1. The Labute approximate surface area is 184 Å². The Morgan fingerprint density at radius 1 is 1.00 bits per heavy atom. The van der Waals surface area contributed by atoms with E-state index in [-0.39, 0.29) is 24.4 Å². The second-order valence-electron chi connectivity index (χ2n) is 6.82. The average Bonchev–Trinajstić information content (AvgIpc) is 3.26. The lowest BCUT2D eigenvalue weighted by Gasteiger charge is -2.12. The van der Waals surface area contributed by atoms with Gasteiger partial charge < -0.3 is 20.1 Å². The van der Waals surface area contributed by atoms with Crippen LogP contribution < -0.4 is 20.1 Å². The summed E-state index contributed by atoms with van der Waals surface area (Å²) >= 11 is 1.49. The second-order valence-corrected chi connectivity index (χ2v) is 7.80. The number of carbonyl (C=O) groups excluding carboxylic acids is 2. The van der Waals surface area contributed by atoms with Gasteiger partial charge in [-0.05, 0) is 41.5 Å². The highest BCUT2D eigenvalue weighted by Crippen LogP contribution is 2.32. The Morgan fingerprint density at radius 2 is 1.87 bits per heavy atom. The van der Waals surface area contributed by atoms with Gasteiger partial charge in [0.1, 0.15) is 0 Å². The molecule has 158 valence electrons. The number of nitrogens with one attached hydrogen (secondary N) is 2. The summed E-state index contributed by atoms with van der Waals surface area (Å²) < 4.78 is 10.7. The Bertz CT molecular complexity index is 1080. The Balaban J connectivity index is 1.31. The molecule has 1 aromatic heterocycles. The summed E-state index contributed by atoms with van der Waals surface area (Å²) in [6.07, 6.45) is 3.50. The molecule has 0 atom stereocenters. The van der Waals surface area contributed by atoms with Gasteiger partial charge in [0.15, 0.2) is 11.5 Å². The molecule has 0 bridgehead atoms. The summed E-state index contributed by atoms with van der Waals surface area (Å²) in [5.41, 5.74) is 2.85. The first-order valence-electron chi connectivity index (χ1n) is 9.71. The summed E-state index contributed by atoms with van der Waals surface area (Å²) in [6.45, 7) is 0.539. The van der Waals surface area contributed by atoms with Gasteiger partial charge in [-0.1, -0.05) is 24.3 Å². The SMILES string of the molecule is O=C(CSCc1cccnc1)Nc1ccccc1C(=O)NCc1ccc2c(c1)OCO2. The lowest BCUT2D eigenvalue weighted by molar-refractivity contribution is -0.113. The predicted molar refractivity (Wildman–Crippen MR) is 119 cm³/mol. The van der Waals surface area contributed by atoms with Crippen LogP contribution in [0, 0.1) is 0 Å². The smallest absolute Gasteiger partial charge is 0.253 e. The molecule has 0 saturated carbocycles. The van der Waals surface area contributed by atoms with Crippen molar-refractivity contribution in [2.75, 3.05) is 17.9 Å². The first kappa shape index (κ1) is 20.7. The van der Waals surface area contributed by atoms with Crippen LogP contribution in [0.15, 0.2) is 67.0 Å². The quantitative estimate of drug-likeness (QED) is 0.562. The molecule has 0 spiro atoms. The van der Waals surface area contributed by atoms with Gasteiger partial charge in [0.25, 0.3) is 5.91 Å². The lowest BCUT2D eigenvalue weighted by atomic mass is 10.1. The molecule has 3 aromatic rings. The minimum Gasteiger partial charge on any atom is -0.454 e. The van der Waals surface area contributed by atoms with Crippen LogP contribution in [-0.4, -0.2) is 29.3 Å². The minimum atomic E-state index is -0.267. The molecule has 2 heterocycles. The number of carbonyl (C=O) groups is 2. The van der Waals surface area contributed by atoms with Crippen molar-refractivity contribution >= 4 is 29.3 Å². The molecule has 31 heavy (non-hydrogen) atoms. The molecular weight excluding hydrogens is 414 g/mol. The Hall–Kier alpha value is -3.52. The van der Waals surface area contributed by atoms with E-state index in [1.54, 1.807) is 36.7 Å². The van der Waals surface area contributed by atoms with Crippen LogP contribution in [0.4, 0.5) is 5.69 Å². The van der Waals surface area contributed by atoms with E-state index >= 15 is 0 Å². The summed E-state index contributed by atoms with van der Waals surface area (Å²) in [5.74, 6) is 1.91. The van der Waals surface area contributed by atoms with Gasteiger partial charge in [-0.3, -0.25) is 14.6 Å². The summed E-state index contributed by atoms with van der Waals surface area (Å²) in [4.78, 5) is 29.1. The van der Waals surface area contributed by atoms with Crippen molar-refractivity contribution in [2.45, 2.75) is 12.3 Å². The lowest BCUT2D eigenvalue weighted by Crippen LogP contribution is -2.25. The summed E-state index contributed by atoms with van der Waals surface area (Å²) in [5, 5.41) is 5.72. The topological polar surface area (TPSA) is 89.6 Å². The number of hydrogen-bond donors (Lipinski definition) is 2. The van der Waals surface area contributed by atoms with Gasteiger partial charge in [-0.15, -0.1) is 11.8 Å². The van der Waals surface area contributed by atoms with Crippen molar-refractivity contribution < 1.29 is 19.1 Å². The molecule has 0 radical (unpaired) electrons. The molecule has 7 nitrogen and oxygen atoms in total. The van der Waals surface area contributed by atoms with Gasteiger partial charge in [-0.25, -0.2) is 0 Å². The minimum absolute atomic E-state index is 0.162. The van der Waals surface area contributed by atoms with Crippen LogP contribution >= 0.6 is 11.8 Å². The summed E-state index contributed by atoms with van der Waals surface area (Å²) in [7, 11) is 0. The van der Waals surface area contributed by atoms with Crippen molar-refractivity contribution in [1.29, 1.82) is 0 Å². The highest BCUT2D eigenvalue weighted by atomic mass is 32.2. The summed E-state index contributed by atoms with van der Waals surface area (Å²) in [6, 6.07) is 16.3. The van der Waals surface area contributed by atoms with E-state index in [1.807, 2.05) is 30.3 Å². The van der Waals surface area contributed by atoms with Crippen LogP contribution in [0.3, 0.4) is 0 Å². The number of ether oxygens (including phenoxy) is 2. The van der Waals surface area contributed by atoms with Crippen molar-refractivity contribution in [3.8, 4) is 11.5 Å². The van der Waals surface area contributed by atoms with Crippen molar-refractivity contribution in [3.05, 3.63) is 83.7 Å². The third kappa shape index (κ3) is 5.55. The second kappa shape index (κ2) is 9.99. The zero-order valence-corrected chi connectivity index (χ0v) is 17.5. The molecule has 1 aliphatic heterocycles. The van der Waals surface area contributed by atoms with E-state index in [4.69, 9.17) is 9.47 Å². The van der Waals surface area contributed by atoms with Crippen LogP contribution in [0.25, 0.3) is 0 Å². The molecule has 1 aliphatic rings. The average molecular weight is 436 g/mol. The maximum Gasteiger partial charge on any atom is 0.253 e. The molecule has 0 aliphatic carbocycles. The fourth-order valence-electron chi connectivity index (χ4n) is 3.05. The largest absolute Gasteiger partial charge is 0.454 e. The third-order valence-corrected chi connectivity index (χ3v) is 5.56. The van der Waals surface area contributed by atoms with Crippen LogP contribution in [0.5, 0.6) is 11.5 Å². The first-order chi connectivity index (χ1) is 15.2. The normalized spacial score (nSPS) is 11.7. The number of thioether (sulfide) groups is 1. The zero-order chi connectivity index (χ0) is 21.5. The molecule has 0 fully saturated rings. The number of hydrogen-bond acceptors (Lipinski definition) is 6. The zero-order valence-electron chi connectivity index (χ0n) is 16.7. The van der Waals surface area contributed by atoms with E-state index in [0.29, 0.717) is 35.0 Å². The fourth-order valence-corrected chi connectivity index (χ4v) is 3.82. The first-order valence-corrected chi connectivity index (χ1v) is 10.9. The van der Waals surface area contributed by atoms with E-state index in [2.05, 4.69) is 15.6 Å². The molecular formula is C23H21N3O4S. The fraction of sp³-hybridized carbons (Fsp3) is 0.174. The molecule has 0 saturated heterocycles. The van der Waals surface area contributed by atoms with Gasteiger partial charge in [-0.2, -0.15) is 0 Å². The van der Waals surface area contributed by atoms with Crippen LogP contribution in [0.2, 0.25) is 0 Å². The maximum atomic E-state index is 12.7. The van der Waals surface area contributed by atoms with E-state index in [0.717, 1.165) is 11.1 Å². The monoisotopic (exact) mass is 435 g/mol. The van der Waals surface area contributed by atoms with Crippen LogP contribution in [0.1, 0.15) is 21.5 Å². The van der Waals surface area contributed by atoms with E-state index in [9.17, 15) is 9.59 Å². The number of benzene rings is 2. The highest BCUT2D eigenvalue weighted by Gasteiger charge is 2.15. The number of anilines is 1. The number of amides is 2.